The van der Waals surface area contributed by atoms with Gasteiger partial charge >= 0.3 is 5.97 Å². The zero-order valence-corrected chi connectivity index (χ0v) is 20.4. The Hall–Kier alpha value is -3.71. The molecule has 10 N–H and O–H groups in total. The normalized spacial score (nSPS) is 15.2. The number of aromatic hydroxyl groups is 1. The van der Waals surface area contributed by atoms with Crippen molar-refractivity contribution in [2.45, 2.75) is 70.3 Å². The van der Waals surface area contributed by atoms with Gasteiger partial charge in [0.1, 0.15) is 23.9 Å². The fourth-order valence-electron chi connectivity index (χ4n) is 3.28. The minimum Gasteiger partial charge on any atom is -0.508 e. The van der Waals surface area contributed by atoms with E-state index in [4.69, 9.17) is 11.5 Å². The van der Waals surface area contributed by atoms with Crippen LogP contribution in [0.2, 0.25) is 0 Å². The van der Waals surface area contributed by atoms with Crippen LogP contribution in [0, 0.1) is 5.92 Å². The van der Waals surface area contributed by atoms with E-state index in [2.05, 4.69) is 16.0 Å². The summed E-state index contributed by atoms with van der Waals surface area (Å²) in [5.41, 5.74) is 11.7. The van der Waals surface area contributed by atoms with E-state index in [1.54, 1.807) is 26.0 Å². The van der Waals surface area contributed by atoms with Crippen LogP contribution >= 0.6 is 0 Å². The molecule has 13 heteroatoms. The molecule has 0 fully saturated rings. The summed E-state index contributed by atoms with van der Waals surface area (Å²) in [6.07, 6.45) is -1.89. The number of carboxylic acid groups (broad SMARTS) is 1. The Kier molecular flexibility index (Phi) is 11.8. The van der Waals surface area contributed by atoms with Crippen molar-refractivity contribution in [1.82, 2.24) is 16.0 Å². The molecule has 1 aromatic carbocycles. The van der Waals surface area contributed by atoms with E-state index < -0.39 is 66.3 Å². The zero-order valence-electron chi connectivity index (χ0n) is 20.4. The summed E-state index contributed by atoms with van der Waals surface area (Å²) in [6.45, 7) is 4.74. The molecule has 0 aliphatic carbocycles. The van der Waals surface area contributed by atoms with Crippen molar-refractivity contribution in [2.24, 2.45) is 17.4 Å². The third-order valence-corrected chi connectivity index (χ3v) is 5.15. The van der Waals surface area contributed by atoms with E-state index in [0.717, 1.165) is 0 Å². The van der Waals surface area contributed by atoms with E-state index in [0.29, 0.717) is 5.56 Å². The van der Waals surface area contributed by atoms with Crippen LogP contribution in [0.4, 0.5) is 0 Å². The van der Waals surface area contributed by atoms with Crippen LogP contribution in [0.15, 0.2) is 24.3 Å². The molecule has 0 bridgehead atoms. The highest BCUT2D eigenvalue weighted by molar-refractivity contribution is 5.96. The number of aliphatic hydroxyl groups is 1. The first-order chi connectivity index (χ1) is 16.7. The summed E-state index contributed by atoms with van der Waals surface area (Å²) < 4.78 is 0. The molecule has 0 heterocycles. The van der Waals surface area contributed by atoms with Crippen LogP contribution in [-0.2, 0) is 30.4 Å². The third kappa shape index (κ3) is 10.3. The fraction of sp³-hybridized carbons (Fsp3) is 0.522. The Labute approximate surface area is 208 Å². The average Bonchev–Trinajstić information content (AvgIpc) is 2.76. The number of benzene rings is 1. The highest BCUT2D eigenvalue weighted by Gasteiger charge is 2.33. The predicted molar refractivity (Wildman–Crippen MR) is 128 cm³/mol. The van der Waals surface area contributed by atoms with Gasteiger partial charge in [-0.1, -0.05) is 26.0 Å². The van der Waals surface area contributed by atoms with Crippen molar-refractivity contribution in [3.05, 3.63) is 29.8 Å². The van der Waals surface area contributed by atoms with E-state index in [1.807, 2.05) is 0 Å². The largest absolute Gasteiger partial charge is 0.508 e. The molecule has 0 aromatic heterocycles. The van der Waals surface area contributed by atoms with E-state index in [-0.39, 0.29) is 24.5 Å². The van der Waals surface area contributed by atoms with Gasteiger partial charge in [0.15, 0.2) is 0 Å². The van der Waals surface area contributed by atoms with Crippen molar-refractivity contribution < 1.29 is 39.3 Å². The predicted octanol–water partition coefficient (Wildman–Crippen LogP) is -1.90. The van der Waals surface area contributed by atoms with Crippen LogP contribution in [0.3, 0.4) is 0 Å². The summed E-state index contributed by atoms with van der Waals surface area (Å²) in [6, 6.07) is 0.509. The monoisotopic (exact) mass is 509 g/mol. The number of hydrogen-bond donors (Lipinski definition) is 8. The van der Waals surface area contributed by atoms with Crippen LogP contribution in [0.5, 0.6) is 5.75 Å². The van der Waals surface area contributed by atoms with Gasteiger partial charge in [0.05, 0.1) is 18.6 Å². The Morgan fingerprint density at radius 2 is 1.44 bits per heavy atom. The van der Waals surface area contributed by atoms with Gasteiger partial charge in [-0.2, -0.15) is 0 Å². The maximum absolute atomic E-state index is 12.8. The maximum Gasteiger partial charge on any atom is 0.326 e. The Balaban J connectivity index is 2.93. The maximum atomic E-state index is 12.8. The lowest BCUT2D eigenvalue weighted by molar-refractivity contribution is -0.143. The second kappa shape index (κ2) is 14.0. The molecule has 0 aliphatic heterocycles. The van der Waals surface area contributed by atoms with Crippen LogP contribution in [-0.4, -0.2) is 75.2 Å². The van der Waals surface area contributed by atoms with Gasteiger partial charge in [0.2, 0.25) is 23.6 Å². The van der Waals surface area contributed by atoms with Gasteiger partial charge < -0.3 is 42.7 Å². The van der Waals surface area contributed by atoms with Gasteiger partial charge in [0.25, 0.3) is 0 Å². The lowest BCUT2D eigenvalue weighted by atomic mass is 10.0. The molecule has 5 unspecified atom stereocenters. The van der Waals surface area contributed by atoms with Gasteiger partial charge in [-0.25, -0.2) is 4.79 Å². The number of hydrogen-bond acceptors (Lipinski definition) is 8. The van der Waals surface area contributed by atoms with E-state index >= 15 is 0 Å². The quantitative estimate of drug-likeness (QED) is 0.140. The SMILES string of the molecule is CC(C)CC(NC(=O)C(CC(N)=O)NC(=O)C(NC(=O)C(N)Cc1ccc(O)cc1)C(C)O)C(=O)O. The Bertz CT molecular complexity index is 935. The molecular formula is C23H35N5O8. The summed E-state index contributed by atoms with van der Waals surface area (Å²) in [7, 11) is 0. The first-order valence-electron chi connectivity index (χ1n) is 11.3. The number of nitrogens with one attached hydrogen (secondary N) is 3. The standard InChI is InChI=1S/C23H35N5O8/c1-11(2)8-17(23(35)36)27-21(33)16(10-18(25)31)26-22(34)19(12(3)29)28-20(32)15(24)9-13-4-6-14(30)7-5-13/h4-7,11-12,15-17,19,29-30H,8-10,24H2,1-3H3,(H2,25,31)(H,26,34)(H,27,33)(H,28,32)(H,35,36). The first kappa shape index (κ1) is 30.3. The van der Waals surface area contributed by atoms with E-state index in [1.165, 1.54) is 19.1 Å². The molecule has 0 spiro atoms. The minimum absolute atomic E-state index is 0.0380. The highest BCUT2D eigenvalue weighted by atomic mass is 16.4. The van der Waals surface area contributed by atoms with Gasteiger partial charge in [-0.3, -0.25) is 19.2 Å². The molecule has 5 atom stereocenters. The molecule has 0 aliphatic rings. The smallest absolute Gasteiger partial charge is 0.326 e. The van der Waals surface area contributed by atoms with Crippen molar-refractivity contribution in [1.29, 1.82) is 0 Å². The van der Waals surface area contributed by atoms with E-state index in [9.17, 15) is 39.3 Å². The third-order valence-electron chi connectivity index (χ3n) is 5.15. The first-order valence-corrected chi connectivity index (χ1v) is 11.3. The number of rotatable bonds is 14. The van der Waals surface area contributed by atoms with Crippen molar-refractivity contribution >= 4 is 29.6 Å². The number of carbonyl (C=O) groups excluding carboxylic acids is 4. The molecule has 1 aromatic rings. The van der Waals surface area contributed by atoms with Crippen LogP contribution in [0.25, 0.3) is 0 Å². The molecule has 0 radical (unpaired) electrons. The number of nitrogens with two attached hydrogens (primary N) is 2. The highest BCUT2D eigenvalue weighted by Crippen LogP contribution is 2.11. The van der Waals surface area contributed by atoms with Crippen molar-refractivity contribution in [3.8, 4) is 5.75 Å². The molecule has 36 heavy (non-hydrogen) atoms. The summed E-state index contributed by atoms with van der Waals surface area (Å²) >= 11 is 0. The number of aliphatic hydroxyl groups excluding tert-OH is 1. The Morgan fingerprint density at radius 1 is 0.889 bits per heavy atom. The topological polar surface area (TPSA) is 234 Å². The number of carboxylic acids is 1. The second-order valence-electron chi connectivity index (χ2n) is 8.96. The number of phenols is 1. The molecule has 0 saturated heterocycles. The Morgan fingerprint density at radius 3 is 1.92 bits per heavy atom. The van der Waals surface area contributed by atoms with Crippen LogP contribution < -0.4 is 27.4 Å². The van der Waals surface area contributed by atoms with Crippen molar-refractivity contribution in [3.63, 3.8) is 0 Å². The summed E-state index contributed by atoms with van der Waals surface area (Å²) in [5.74, 6) is -5.02. The molecule has 4 amide bonds. The molecule has 0 saturated carbocycles. The fourth-order valence-corrected chi connectivity index (χ4v) is 3.28. The van der Waals surface area contributed by atoms with Crippen LogP contribution in [0.1, 0.15) is 39.2 Å². The van der Waals surface area contributed by atoms with Gasteiger partial charge in [0, 0.05) is 0 Å². The molecule has 1 rings (SSSR count). The molecular weight excluding hydrogens is 474 g/mol. The van der Waals surface area contributed by atoms with Crippen molar-refractivity contribution in [2.75, 3.05) is 0 Å². The second-order valence-corrected chi connectivity index (χ2v) is 8.96. The number of aliphatic carboxylic acids is 1. The number of amides is 4. The number of primary amides is 1. The van der Waals surface area contributed by atoms with Gasteiger partial charge in [-0.05, 0) is 43.4 Å². The molecule has 200 valence electrons. The summed E-state index contributed by atoms with van der Waals surface area (Å²) in [4.78, 5) is 61.0. The summed E-state index contributed by atoms with van der Waals surface area (Å²) in [5, 5.41) is 35.6. The lowest BCUT2D eigenvalue weighted by Gasteiger charge is -2.26. The lowest BCUT2D eigenvalue weighted by Crippen LogP contribution is -2.60. The average molecular weight is 510 g/mol. The number of phenolic OH excluding ortho intramolecular Hbond substituents is 1. The van der Waals surface area contributed by atoms with Gasteiger partial charge in [-0.15, -0.1) is 0 Å². The number of carbonyl (C=O) groups is 5. The molecule has 13 nitrogen and oxygen atoms in total. The zero-order chi connectivity index (χ0) is 27.6. The minimum atomic E-state index is -1.55.